The van der Waals surface area contributed by atoms with Crippen molar-refractivity contribution in [3.05, 3.63) is 0 Å². The summed E-state index contributed by atoms with van der Waals surface area (Å²) in [6.07, 6.45) is 24.2. The number of nitrogens with one attached hydrogen (secondary N) is 5. The first-order valence-electron chi connectivity index (χ1n) is 26.4. The Morgan fingerprint density at radius 2 is 0.886 bits per heavy atom. The number of carboxylic acids is 3. The molecule has 406 valence electrons. The highest BCUT2D eigenvalue weighted by Crippen LogP contribution is 2.29. The number of carbonyl (C=O) groups is 7. The van der Waals surface area contributed by atoms with E-state index in [-0.39, 0.29) is 74.5 Å². The molecule has 1 fully saturated rings. The van der Waals surface area contributed by atoms with Crippen molar-refractivity contribution in [1.82, 2.24) is 26.0 Å². The Morgan fingerprint density at radius 3 is 1.39 bits per heavy atom. The smallest absolute Gasteiger partial charge is 0.326 e. The Hall–Kier alpha value is -3.56. The largest absolute Gasteiger partial charge is 0.481 e. The van der Waals surface area contributed by atoms with E-state index in [1.807, 2.05) is 0 Å². The van der Waals surface area contributed by atoms with Crippen molar-refractivity contribution >= 4 is 54.4 Å². The first kappa shape index (κ1) is 64.5. The third-order valence-electron chi connectivity index (χ3n) is 12.5. The van der Waals surface area contributed by atoms with Crippen molar-refractivity contribution in [3.8, 4) is 0 Å². The predicted octanol–water partition coefficient (Wildman–Crippen LogP) is 6.11. The number of thiol groups is 1. The summed E-state index contributed by atoms with van der Waals surface area (Å²) in [5, 5.41) is 38.5. The maximum absolute atomic E-state index is 13.0. The van der Waals surface area contributed by atoms with Crippen LogP contribution in [0.3, 0.4) is 0 Å². The number of carbonyl (C=O) groups excluding carboxylic acids is 4. The highest BCUT2D eigenvalue weighted by molar-refractivity contribution is 7.78. The van der Waals surface area contributed by atoms with Gasteiger partial charge in [0.15, 0.2) is 0 Å². The van der Waals surface area contributed by atoms with Gasteiger partial charge in [0.25, 0.3) is 0 Å². The summed E-state index contributed by atoms with van der Waals surface area (Å²) in [4.78, 5) is 83.0. The molecular formula is C50H91N5O14S. The van der Waals surface area contributed by atoms with Gasteiger partial charge in [-0.3, -0.25) is 33.5 Å². The van der Waals surface area contributed by atoms with E-state index in [0.717, 1.165) is 51.4 Å². The lowest BCUT2D eigenvalue weighted by Crippen LogP contribution is -2.45. The van der Waals surface area contributed by atoms with Crippen molar-refractivity contribution in [1.29, 1.82) is 0 Å². The van der Waals surface area contributed by atoms with Crippen LogP contribution < -0.4 is 26.0 Å². The van der Waals surface area contributed by atoms with Gasteiger partial charge in [0.05, 0.1) is 52.9 Å². The molecule has 0 aliphatic heterocycles. The highest BCUT2D eigenvalue weighted by Gasteiger charge is 2.30. The van der Waals surface area contributed by atoms with Crippen molar-refractivity contribution in [2.24, 2.45) is 11.8 Å². The summed E-state index contributed by atoms with van der Waals surface area (Å²) in [7, 11) is 0. The molecule has 20 heteroatoms. The van der Waals surface area contributed by atoms with E-state index < -0.39 is 30.0 Å². The lowest BCUT2D eigenvalue weighted by atomic mass is 9.81. The standard InChI is InChI=1S/C50H91N5O14S/c56-44(20-15-13-11-9-7-5-3-1-2-4-6-8-10-12-14-16-21-47(59)60)53-39-40-22-24-41(25-23-40)48(61)54-42(49(62)63)26-27-45(57)52-30-32-67-34-36-69-38-37-68-35-33-66-31-28-46(58)51-29-18-17-19-43(55-70)50(64)65/h40-43,55,70H,1-39H2,(H,51,58)(H,52,57)(H,53,56)(H,54,61)(H,59,60)(H,62,63)(H,64,65). The van der Waals surface area contributed by atoms with Crippen LogP contribution >= 0.6 is 12.8 Å². The van der Waals surface area contributed by atoms with E-state index in [0.29, 0.717) is 97.7 Å². The molecule has 1 aliphatic rings. The molecular weight excluding hydrogens is 927 g/mol. The number of ether oxygens (including phenoxy) is 4. The third-order valence-corrected chi connectivity index (χ3v) is 12.8. The van der Waals surface area contributed by atoms with Crippen molar-refractivity contribution in [2.45, 2.75) is 192 Å². The number of unbranched alkanes of at least 4 members (excludes halogenated alkanes) is 16. The molecule has 0 heterocycles. The first-order valence-corrected chi connectivity index (χ1v) is 26.9. The number of aliphatic carboxylic acids is 3. The maximum Gasteiger partial charge on any atom is 0.326 e. The summed E-state index contributed by atoms with van der Waals surface area (Å²) in [6.45, 7) is 3.86. The maximum atomic E-state index is 13.0. The molecule has 8 N–H and O–H groups in total. The molecule has 2 atom stereocenters. The molecule has 0 bridgehead atoms. The minimum Gasteiger partial charge on any atom is -0.481 e. The van der Waals surface area contributed by atoms with Gasteiger partial charge >= 0.3 is 17.9 Å². The van der Waals surface area contributed by atoms with Gasteiger partial charge in [-0.1, -0.05) is 103 Å². The fourth-order valence-electron chi connectivity index (χ4n) is 8.14. The molecule has 0 aromatic carbocycles. The second-order valence-corrected chi connectivity index (χ2v) is 18.7. The summed E-state index contributed by atoms with van der Waals surface area (Å²) < 4.78 is 24.2. The third kappa shape index (κ3) is 39.1. The van der Waals surface area contributed by atoms with E-state index in [2.05, 4.69) is 38.8 Å². The van der Waals surface area contributed by atoms with Crippen LogP contribution in [0.1, 0.15) is 180 Å². The normalized spacial score (nSPS) is 15.4. The van der Waals surface area contributed by atoms with Gasteiger partial charge < -0.3 is 55.5 Å². The van der Waals surface area contributed by atoms with Gasteiger partial charge in [0.2, 0.25) is 23.6 Å². The zero-order valence-electron chi connectivity index (χ0n) is 42.2. The van der Waals surface area contributed by atoms with Crippen LogP contribution in [-0.4, -0.2) is 141 Å². The monoisotopic (exact) mass is 1020 g/mol. The van der Waals surface area contributed by atoms with Gasteiger partial charge in [-0.15, -0.1) is 0 Å². The summed E-state index contributed by atoms with van der Waals surface area (Å²) >= 11 is 3.80. The molecule has 2 unspecified atom stereocenters. The Morgan fingerprint density at radius 1 is 0.443 bits per heavy atom. The SMILES string of the molecule is O=C(O)CCCCCCCCCCCCCCCCCCC(=O)NCC1CCC(C(=O)NC(CCC(=O)NCCOCCOCCOCCOCCC(=O)NCCCCC(NS)C(=O)O)C(=O)O)CC1. The number of carboxylic acid groups (broad SMARTS) is 3. The van der Waals surface area contributed by atoms with Crippen LogP contribution in [0.2, 0.25) is 0 Å². The lowest BCUT2D eigenvalue weighted by Gasteiger charge is -2.28. The quantitative estimate of drug-likeness (QED) is 0.0246. The van der Waals surface area contributed by atoms with Crippen LogP contribution in [0.4, 0.5) is 0 Å². The minimum atomic E-state index is -1.19. The average Bonchev–Trinajstić information content (AvgIpc) is 3.33. The van der Waals surface area contributed by atoms with Crippen LogP contribution in [0.25, 0.3) is 0 Å². The van der Waals surface area contributed by atoms with Crippen LogP contribution in [0, 0.1) is 11.8 Å². The Bertz CT molecular complexity index is 1410. The molecule has 0 aromatic rings. The number of hydrogen-bond acceptors (Lipinski definition) is 13. The summed E-state index contributed by atoms with van der Waals surface area (Å²) in [6, 6.07) is -1.88. The van der Waals surface area contributed by atoms with E-state index in [1.165, 1.54) is 64.2 Å². The zero-order chi connectivity index (χ0) is 51.3. The molecule has 0 spiro atoms. The second kappa shape index (κ2) is 45.3. The predicted molar refractivity (Wildman–Crippen MR) is 269 cm³/mol. The molecule has 1 aliphatic carbocycles. The molecule has 0 aromatic heterocycles. The fraction of sp³-hybridized carbons (Fsp3) is 0.860. The molecule has 4 amide bonds. The molecule has 1 rings (SSSR count). The Balaban J connectivity index is 1.96. The number of hydrogen-bond donors (Lipinski definition) is 9. The van der Waals surface area contributed by atoms with E-state index in [9.17, 15) is 38.7 Å². The zero-order valence-corrected chi connectivity index (χ0v) is 43.1. The first-order chi connectivity index (χ1) is 33.9. The van der Waals surface area contributed by atoms with Crippen LogP contribution in [0.15, 0.2) is 0 Å². The van der Waals surface area contributed by atoms with Gasteiger partial charge in [0.1, 0.15) is 12.1 Å². The average molecular weight is 1020 g/mol. The van der Waals surface area contributed by atoms with E-state index >= 15 is 0 Å². The van der Waals surface area contributed by atoms with Gasteiger partial charge in [-0.05, 0) is 70.1 Å². The highest BCUT2D eigenvalue weighted by atomic mass is 32.1. The van der Waals surface area contributed by atoms with Crippen LogP contribution in [-0.2, 0) is 52.5 Å². The molecule has 70 heavy (non-hydrogen) atoms. The Kier molecular flexibility index (Phi) is 41.7. The van der Waals surface area contributed by atoms with E-state index in [4.69, 9.17) is 29.2 Å². The van der Waals surface area contributed by atoms with Crippen molar-refractivity contribution in [3.63, 3.8) is 0 Å². The molecule has 19 nitrogen and oxygen atoms in total. The van der Waals surface area contributed by atoms with Gasteiger partial charge in [-0.25, -0.2) is 4.79 Å². The van der Waals surface area contributed by atoms with Crippen molar-refractivity contribution in [2.75, 3.05) is 72.5 Å². The summed E-state index contributed by atoms with van der Waals surface area (Å²) in [5.74, 6) is -3.56. The second-order valence-electron chi connectivity index (χ2n) is 18.4. The fourth-order valence-corrected chi connectivity index (χ4v) is 8.38. The molecule has 0 saturated heterocycles. The molecule has 1 saturated carbocycles. The summed E-state index contributed by atoms with van der Waals surface area (Å²) in [5.41, 5.74) is 0. The lowest BCUT2D eigenvalue weighted by molar-refractivity contribution is -0.143. The van der Waals surface area contributed by atoms with Crippen LogP contribution in [0.5, 0.6) is 0 Å². The molecule has 0 radical (unpaired) electrons. The van der Waals surface area contributed by atoms with E-state index in [1.54, 1.807) is 0 Å². The van der Waals surface area contributed by atoms with Gasteiger partial charge in [-0.2, -0.15) is 0 Å². The topological polar surface area (TPSA) is 277 Å². The van der Waals surface area contributed by atoms with Crippen molar-refractivity contribution < 1.29 is 67.8 Å². The number of amides is 4. The number of rotatable bonds is 49. The minimum absolute atomic E-state index is 0.0338. The van der Waals surface area contributed by atoms with Gasteiger partial charge in [0, 0.05) is 51.2 Å². The Labute approximate surface area is 423 Å².